The van der Waals surface area contributed by atoms with Gasteiger partial charge < -0.3 is 10.6 Å². The van der Waals surface area contributed by atoms with Gasteiger partial charge in [-0.25, -0.2) is 0 Å². The minimum Gasteiger partial charge on any atom is -0.329 e. The molecule has 0 heterocycles. The molecule has 0 amide bonds. The summed E-state index contributed by atoms with van der Waals surface area (Å²) in [5, 5.41) is 0.819. The molecule has 1 unspecified atom stereocenters. The van der Waals surface area contributed by atoms with Crippen molar-refractivity contribution < 1.29 is 0 Å². The van der Waals surface area contributed by atoms with Crippen LogP contribution >= 0.6 is 11.6 Å². The van der Waals surface area contributed by atoms with Crippen LogP contribution in [0.4, 0.5) is 0 Å². The number of halogens is 1. The van der Waals surface area contributed by atoms with Gasteiger partial charge in [-0.2, -0.15) is 0 Å². The summed E-state index contributed by atoms with van der Waals surface area (Å²) in [6.45, 7) is 2.77. The molecule has 0 spiro atoms. The molecule has 3 heteroatoms. The van der Waals surface area contributed by atoms with Crippen LogP contribution in [0.3, 0.4) is 0 Å². The fourth-order valence-corrected chi connectivity index (χ4v) is 1.67. The van der Waals surface area contributed by atoms with Crippen LogP contribution < -0.4 is 5.73 Å². The van der Waals surface area contributed by atoms with Crippen molar-refractivity contribution in [2.75, 3.05) is 20.6 Å². The van der Waals surface area contributed by atoms with Crippen LogP contribution in [0.2, 0.25) is 5.02 Å². The van der Waals surface area contributed by atoms with E-state index < -0.39 is 0 Å². The molecule has 15 heavy (non-hydrogen) atoms. The SMILES string of the molecule is CN(C)C(C)(CN)Cc1ccccc1Cl. The second-order valence-electron chi connectivity index (χ2n) is 4.36. The largest absolute Gasteiger partial charge is 0.329 e. The van der Waals surface area contributed by atoms with Gasteiger partial charge in [0.2, 0.25) is 0 Å². The van der Waals surface area contributed by atoms with Crippen molar-refractivity contribution in [3.8, 4) is 0 Å². The first-order chi connectivity index (χ1) is 6.99. The molecule has 2 nitrogen and oxygen atoms in total. The van der Waals surface area contributed by atoms with Crippen molar-refractivity contribution in [2.24, 2.45) is 5.73 Å². The van der Waals surface area contributed by atoms with Crippen LogP contribution in [-0.4, -0.2) is 31.1 Å². The fraction of sp³-hybridized carbons (Fsp3) is 0.500. The third-order valence-corrected chi connectivity index (χ3v) is 3.42. The minimum atomic E-state index is -0.0367. The highest BCUT2D eigenvalue weighted by atomic mass is 35.5. The second-order valence-corrected chi connectivity index (χ2v) is 4.77. The highest BCUT2D eigenvalue weighted by Gasteiger charge is 2.26. The van der Waals surface area contributed by atoms with E-state index in [9.17, 15) is 0 Å². The van der Waals surface area contributed by atoms with Gasteiger partial charge in [0.1, 0.15) is 0 Å². The van der Waals surface area contributed by atoms with E-state index in [2.05, 4.69) is 17.9 Å². The summed E-state index contributed by atoms with van der Waals surface area (Å²) in [7, 11) is 4.09. The molecule has 0 bridgehead atoms. The third-order valence-electron chi connectivity index (χ3n) is 3.05. The Kier molecular flexibility index (Phi) is 4.14. The van der Waals surface area contributed by atoms with Gasteiger partial charge in [0.15, 0.2) is 0 Å². The van der Waals surface area contributed by atoms with Crippen molar-refractivity contribution in [3.05, 3.63) is 34.9 Å². The highest BCUT2D eigenvalue weighted by molar-refractivity contribution is 6.31. The van der Waals surface area contributed by atoms with Gasteiger partial charge in [0, 0.05) is 17.1 Å². The lowest BCUT2D eigenvalue weighted by Crippen LogP contribution is -2.49. The zero-order chi connectivity index (χ0) is 11.5. The number of nitrogens with two attached hydrogens (primary N) is 1. The van der Waals surface area contributed by atoms with Crippen LogP contribution in [0, 0.1) is 0 Å². The van der Waals surface area contributed by atoms with E-state index in [-0.39, 0.29) is 5.54 Å². The molecule has 1 atom stereocenters. The standard InChI is InChI=1S/C12H19ClN2/c1-12(9-14,15(2)3)8-10-6-4-5-7-11(10)13/h4-7H,8-9,14H2,1-3H3. The normalized spacial score (nSPS) is 15.3. The Morgan fingerprint density at radius 3 is 2.40 bits per heavy atom. The Morgan fingerprint density at radius 2 is 1.93 bits per heavy atom. The monoisotopic (exact) mass is 226 g/mol. The summed E-state index contributed by atoms with van der Waals surface area (Å²) in [6, 6.07) is 7.93. The summed E-state index contributed by atoms with van der Waals surface area (Å²) in [4.78, 5) is 2.15. The van der Waals surface area contributed by atoms with Gasteiger partial charge in [0.25, 0.3) is 0 Å². The first-order valence-corrected chi connectivity index (χ1v) is 5.48. The van der Waals surface area contributed by atoms with E-state index in [1.54, 1.807) is 0 Å². The van der Waals surface area contributed by atoms with Crippen molar-refractivity contribution in [3.63, 3.8) is 0 Å². The molecular formula is C12H19ClN2. The first kappa shape index (κ1) is 12.5. The van der Waals surface area contributed by atoms with Gasteiger partial charge in [-0.3, -0.25) is 0 Å². The van der Waals surface area contributed by atoms with E-state index in [4.69, 9.17) is 17.3 Å². The molecule has 0 aliphatic heterocycles. The Bertz CT molecular complexity index is 325. The van der Waals surface area contributed by atoms with Crippen LogP contribution in [0.25, 0.3) is 0 Å². The Hall–Kier alpha value is -0.570. The maximum absolute atomic E-state index is 6.13. The predicted octanol–water partition coefficient (Wildman–Crippen LogP) is 2.16. The van der Waals surface area contributed by atoms with E-state index in [1.165, 1.54) is 0 Å². The maximum Gasteiger partial charge on any atom is 0.0438 e. The average Bonchev–Trinajstić information content (AvgIpc) is 2.21. The number of nitrogens with zero attached hydrogens (tertiary/aromatic N) is 1. The lowest BCUT2D eigenvalue weighted by molar-refractivity contribution is 0.181. The predicted molar refractivity (Wildman–Crippen MR) is 66.3 cm³/mol. The zero-order valence-corrected chi connectivity index (χ0v) is 10.4. The van der Waals surface area contributed by atoms with Crippen LogP contribution in [0.15, 0.2) is 24.3 Å². The first-order valence-electron chi connectivity index (χ1n) is 5.10. The lowest BCUT2D eigenvalue weighted by atomic mass is 9.92. The molecule has 0 aliphatic rings. The van der Waals surface area contributed by atoms with Gasteiger partial charge in [-0.05, 0) is 39.1 Å². The molecule has 84 valence electrons. The van der Waals surface area contributed by atoms with Crippen LogP contribution in [0.5, 0.6) is 0 Å². The minimum absolute atomic E-state index is 0.0367. The van der Waals surface area contributed by atoms with E-state index in [1.807, 2.05) is 32.3 Å². The van der Waals surface area contributed by atoms with E-state index >= 15 is 0 Å². The second kappa shape index (κ2) is 4.97. The van der Waals surface area contributed by atoms with Crippen molar-refractivity contribution >= 4 is 11.6 Å². The summed E-state index contributed by atoms with van der Waals surface area (Å²) in [6.07, 6.45) is 0.871. The Labute approximate surface area is 97.0 Å². The molecule has 0 saturated heterocycles. The Morgan fingerprint density at radius 1 is 1.33 bits per heavy atom. The molecule has 0 fully saturated rings. The topological polar surface area (TPSA) is 29.3 Å². The maximum atomic E-state index is 6.13. The zero-order valence-electron chi connectivity index (χ0n) is 9.63. The lowest BCUT2D eigenvalue weighted by Gasteiger charge is -2.35. The van der Waals surface area contributed by atoms with E-state index in [0.717, 1.165) is 17.0 Å². The number of likely N-dealkylation sites (N-methyl/N-ethyl adjacent to an activating group) is 1. The summed E-state index contributed by atoms with van der Waals surface area (Å²) >= 11 is 6.13. The summed E-state index contributed by atoms with van der Waals surface area (Å²) in [5.41, 5.74) is 6.94. The molecule has 0 saturated carbocycles. The van der Waals surface area contributed by atoms with Gasteiger partial charge in [0.05, 0.1) is 0 Å². The van der Waals surface area contributed by atoms with Crippen molar-refractivity contribution in [1.82, 2.24) is 4.90 Å². The number of rotatable bonds is 4. The summed E-state index contributed by atoms with van der Waals surface area (Å²) < 4.78 is 0. The van der Waals surface area contributed by atoms with Crippen molar-refractivity contribution in [2.45, 2.75) is 18.9 Å². The molecule has 1 rings (SSSR count). The van der Waals surface area contributed by atoms with Gasteiger partial charge >= 0.3 is 0 Å². The van der Waals surface area contributed by atoms with E-state index in [0.29, 0.717) is 6.54 Å². The molecule has 0 aliphatic carbocycles. The molecule has 2 N–H and O–H groups in total. The number of benzene rings is 1. The molecule has 1 aromatic carbocycles. The number of hydrogen-bond acceptors (Lipinski definition) is 2. The average molecular weight is 227 g/mol. The van der Waals surface area contributed by atoms with Gasteiger partial charge in [-0.1, -0.05) is 29.8 Å². The highest BCUT2D eigenvalue weighted by Crippen LogP contribution is 2.23. The van der Waals surface area contributed by atoms with Crippen LogP contribution in [-0.2, 0) is 6.42 Å². The quantitative estimate of drug-likeness (QED) is 0.853. The number of hydrogen-bond donors (Lipinski definition) is 1. The molecule has 1 aromatic rings. The Balaban J connectivity index is 2.89. The molecular weight excluding hydrogens is 208 g/mol. The van der Waals surface area contributed by atoms with Gasteiger partial charge in [-0.15, -0.1) is 0 Å². The third kappa shape index (κ3) is 2.94. The molecule has 0 radical (unpaired) electrons. The smallest absolute Gasteiger partial charge is 0.0438 e. The molecule has 0 aromatic heterocycles. The van der Waals surface area contributed by atoms with Crippen LogP contribution in [0.1, 0.15) is 12.5 Å². The van der Waals surface area contributed by atoms with Crippen molar-refractivity contribution in [1.29, 1.82) is 0 Å². The summed E-state index contributed by atoms with van der Waals surface area (Å²) in [5.74, 6) is 0. The fourth-order valence-electron chi connectivity index (χ4n) is 1.46.